The molecule has 0 saturated carbocycles. The van der Waals surface area contributed by atoms with Gasteiger partial charge < -0.3 is 9.33 Å². The molecule has 0 bridgehead atoms. The van der Waals surface area contributed by atoms with Crippen LogP contribution in [0.25, 0.3) is 0 Å². The summed E-state index contributed by atoms with van der Waals surface area (Å²) in [5.41, 5.74) is -0.396. The molecule has 0 N–H and O–H groups in total. The van der Waals surface area contributed by atoms with Crippen LogP contribution in [0.5, 0.6) is 0 Å². The lowest BCUT2D eigenvalue weighted by molar-refractivity contribution is -0.143. The number of amides is 1. The number of nitrogens with zero attached hydrogens (tertiary/aromatic N) is 1. The molecule has 0 spiro atoms. The van der Waals surface area contributed by atoms with Crippen molar-refractivity contribution in [2.45, 2.75) is 58.2 Å². The van der Waals surface area contributed by atoms with Gasteiger partial charge in [-0.25, -0.2) is 0 Å². The van der Waals surface area contributed by atoms with Crippen LogP contribution in [0, 0.1) is 0 Å². The van der Waals surface area contributed by atoms with Crippen molar-refractivity contribution in [1.82, 2.24) is 4.90 Å². The van der Waals surface area contributed by atoms with Crippen molar-refractivity contribution < 1.29 is 9.22 Å². The van der Waals surface area contributed by atoms with Crippen molar-refractivity contribution in [2.24, 2.45) is 0 Å². The first kappa shape index (κ1) is 12.7. The van der Waals surface area contributed by atoms with Crippen molar-refractivity contribution in [1.29, 1.82) is 0 Å². The van der Waals surface area contributed by atoms with Gasteiger partial charge in [-0.15, -0.1) is 0 Å². The highest BCUT2D eigenvalue weighted by molar-refractivity contribution is 6.31. The Balaban J connectivity index is 2.54. The molecule has 1 saturated heterocycles. The summed E-state index contributed by atoms with van der Waals surface area (Å²) < 4.78 is 5.99. The van der Waals surface area contributed by atoms with E-state index in [1.807, 2.05) is 18.7 Å². The third-order valence-electron chi connectivity index (χ3n) is 2.58. The highest BCUT2D eigenvalue weighted by Crippen LogP contribution is 2.27. The summed E-state index contributed by atoms with van der Waals surface area (Å²) in [6.45, 7) is 11.5. The second-order valence-electron chi connectivity index (χ2n) is 5.95. The van der Waals surface area contributed by atoms with Crippen LogP contribution in [-0.4, -0.2) is 32.8 Å². The van der Waals surface area contributed by atoms with Crippen LogP contribution in [0.4, 0.5) is 0 Å². The van der Waals surface area contributed by atoms with Gasteiger partial charge in [0.2, 0.25) is 5.91 Å². The number of rotatable bonds is 3. The molecule has 4 heteroatoms. The molecule has 0 aromatic heterocycles. The summed E-state index contributed by atoms with van der Waals surface area (Å²) in [5, 5.41) is 0.278. The Morgan fingerprint density at radius 2 is 1.87 bits per heavy atom. The Hall–Kier alpha value is -0.353. The molecule has 1 amide bonds. The van der Waals surface area contributed by atoms with Gasteiger partial charge in [0.15, 0.2) is 9.76 Å². The maximum absolute atomic E-state index is 11.6. The third-order valence-corrected chi connectivity index (χ3v) is 4.30. The molecule has 1 rings (SSSR count). The smallest absolute Gasteiger partial charge is 0.224 e. The number of likely N-dealkylation sites (tertiary alicyclic amines) is 1. The predicted molar refractivity (Wildman–Crippen MR) is 64.4 cm³/mol. The van der Waals surface area contributed by atoms with Crippen LogP contribution in [0.15, 0.2) is 0 Å². The largest absolute Gasteiger partial charge is 0.402 e. The average Bonchev–Trinajstić information content (AvgIpc) is 2.47. The summed E-state index contributed by atoms with van der Waals surface area (Å²) in [6, 6.07) is 0. The quantitative estimate of drug-likeness (QED) is 0.689. The van der Waals surface area contributed by atoms with Gasteiger partial charge in [-0.3, -0.25) is 4.79 Å². The fraction of sp³-hybridized carbons (Fsp3) is 0.909. The van der Waals surface area contributed by atoms with Gasteiger partial charge in [0.05, 0.1) is 0 Å². The van der Waals surface area contributed by atoms with Gasteiger partial charge in [0.1, 0.15) is 5.72 Å². The first-order chi connectivity index (χ1) is 6.72. The third kappa shape index (κ3) is 3.61. The number of hydrogen-bond donors (Lipinski definition) is 0. The van der Waals surface area contributed by atoms with Crippen molar-refractivity contribution in [3.8, 4) is 0 Å². The Bertz CT molecular complexity index is 245. The van der Waals surface area contributed by atoms with Gasteiger partial charge in [-0.05, 0) is 25.3 Å². The molecule has 1 aliphatic heterocycles. The van der Waals surface area contributed by atoms with Gasteiger partial charge in [-0.2, -0.15) is 0 Å². The fourth-order valence-corrected chi connectivity index (χ4v) is 2.63. The molecule has 3 nitrogen and oxygen atoms in total. The molecule has 0 aromatic rings. The molecule has 0 aliphatic carbocycles. The summed E-state index contributed by atoms with van der Waals surface area (Å²) >= 11 is 0. The summed E-state index contributed by atoms with van der Waals surface area (Å²) in [5.74, 6) is 0.239. The second kappa shape index (κ2) is 4.26. The molecule has 15 heavy (non-hydrogen) atoms. The lowest BCUT2D eigenvalue weighted by atomic mass is 10.2. The van der Waals surface area contributed by atoms with E-state index in [9.17, 15) is 4.79 Å². The molecule has 1 aliphatic rings. The molecule has 0 atom stereocenters. The fourth-order valence-electron chi connectivity index (χ4n) is 1.69. The van der Waals surface area contributed by atoms with E-state index < -0.39 is 15.5 Å². The topological polar surface area (TPSA) is 29.5 Å². The number of hydrogen-bond acceptors (Lipinski definition) is 2. The summed E-state index contributed by atoms with van der Waals surface area (Å²) in [4.78, 5) is 13.5. The zero-order chi connectivity index (χ0) is 11.7. The van der Waals surface area contributed by atoms with Crippen molar-refractivity contribution >= 4 is 15.7 Å². The first-order valence-corrected chi connectivity index (χ1v) is 6.95. The second-order valence-corrected chi connectivity index (χ2v) is 8.64. The van der Waals surface area contributed by atoms with E-state index in [0.29, 0.717) is 6.42 Å². The van der Waals surface area contributed by atoms with Gasteiger partial charge >= 0.3 is 0 Å². The van der Waals surface area contributed by atoms with E-state index in [1.165, 1.54) is 0 Å². The Kier molecular flexibility index (Phi) is 3.61. The van der Waals surface area contributed by atoms with E-state index in [-0.39, 0.29) is 10.9 Å². The molecule has 0 radical (unpaired) electrons. The van der Waals surface area contributed by atoms with Gasteiger partial charge in [0, 0.05) is 13.0 Å². The SMILES string of the molecule is CC(C)(C)[SiH2]OC(C)(C)N1CCCC1=O. The standard InChI is InChI=1S/C11H23NO2Si/c1-10(2,3)15-14-11(4,5)12-8-6-7-9(12)13/h6-8,15H2,1-5H3. The highest BCUT2D eigenvalue weighted by atomic mass is 28.2. The zero-order valence-corrected chi connectivity index (χ0v) is 12.0. The van der Waals surface area contributed by atoms with Crippen LogP contribution in [0.2, 0.25) is 5.04 Å². The molecule has 1 fully saturated rings. The normalized spacial score (nSPS) is 19.5. The zero-order valence-electron chi connectivity index (χ0n) is 10.6. The Labute approximate surface area is 95.1 Å². The Morgan fingerprint density at radius 1 is 1.27 bits per heavy atom. The minimum Gasteiger partial charge on any atom is -0.402 e. The first-order valence-electron chi connectivity index (χ1n) is 5.67. The van der Waals surface area contributed by atoms with E-state index in [2.05, 4.69) is 20.8 Å². The molecule has 0 unspecified atom stereocenters. The van der Waals surface area contributed by atoms with Crippen LogP contribution >= 0.6 is 0 Å². The predicted octanol–water partition coefficient (Wildman–Crippen LogP) is 1.66. The molecule has 1 heterocycles. The van der Waals surface area contributed by atoms with E-state index >= 15 is 0 Å². The van der Waals surface area contributed by atoms with Crippen LogP contribution in [0.1, 0.15) is 47.5 Å². The van der Waals surface area contributed by atoms with Crippen LogP contribution in [-0.2, 0) is 9.22 Å². The van der Waals surface area contributed by atoms with E-state index in [0.717, 1.165) is 13.0 Å². The van der Waals surface area contributed by atoms with Crippen LogP contribution in [0.3, 0.4) is 0 Å². The van der Waals surface area contributed by atoms with E-state index in [4.69, 9.17) is 4.43 Å². The van der Waals surface area contributed by atoms with Gasteiger partial charge in [-0.1, -0.05) is 20.8 Å². The maximum Gasteiger partial charge on any atom is 0.224 e. The maximum atomic E-state index is 11.6. The minimum absolute atomic E-state index is 0.239. The average molecular weight is 229 g/mol. The van der Waals surface area contributed by atoms with Gasteiger partial charge in [0.25, 0.3) is 0 Å². The lowest BCUT2D eigenvalue weighted by Gasteiger charge is -2.37. The van der Waals surface area contributed by atoms with Crippen molar-refractivity contribution in [3.63, 3.8) is 0 Å². The lowest BCUT2D eigenvalue weighted by Crippen LogP contribution is -2.48. The Morgan fingerprint density at radius 3 is 2.27 bits per heavy atom. The molecule has 88 valence electrons. The van der Waals surface area contributed by atoms with Crippen molar-refractivity contribution in [3.05, 3.63) is 0 Å². The monoisotopic (exact) mass is 229 g/mol. The van der Waals surface area contributed by atoms with E-state index in [1.54, 1.807) is 0 Å². The molecular weight excluding hydrogens is 206 g/mol. The van der Waals surface area contributed by atoms with Crippen molar-refractivity contribution in [2.75, 3.05) is 6.54 Å². The van der Waals surface area contributed by atoms with Crippen LogP contribution < -0.4 is 0 Å². The summed E-state index contributed by atoms with van der Waals surface area (Å²) in [7, 11) is -0.605. The number of carbonyl (C=O) groups is 1. The number of carbonyl (C=O) groups excluding carboxylic acids is 1. The highest BCUT2D eigenvalue weighted by Gasteiger charge is 2.35. The molecule has 0 aromatic carbocycles. The minimum atomic E-state index is -0.605. The molecular formula is C11H23NO2Si. The summed E-state index contributed by atoms with van der Waals surface area (Å²) in [6.07, 6.45) is 1.66.